The fourth-order valence-electron chi connectivity index (χ4n) is 3.41. The number of urea groups is 1. The fourth-order valence-corrected chi connectivity index (χ4v) is 3.41. The van der Waals surface area contributed by atoms with E-state index >= 15 is 0 Å². The quantitative estimate of drug-likeness (QED) is 0.735. The number of rotatable bonds is 7. The van der Waals surface area contributed by atoms with Crippen molar-refractivity contribution in [3.05, 3.63) is 11.4 Å². The Bertz CT molecular complexity index is 689. The van der Waals surface area contributed by atoms with Crippen molar-refractivity contribution in [3.8, 4) is 0 Å². The van der Waals surface area contributed by atoms with Crippen LogP contribution in [0.5, 0.6) is 0 Å². The molecule has 1 fully saturated rings. The Morgan fingerprint density at radius 1 is 1.20 bits per heavy atom. The number of nitrogens with zero attached hydrogens (tertiary/aromatic N) is 3. The normalized spacial score (nSPS) is 16.3. The van der Waals surface area contributed by atoms with Crippen molar-refractivity contribution in [2.45, 2.75) is 58.9 Å². The molecule has 2 rings (SSSR count). The maximum atomic E-state index is 12.8. The van der Waals surface area contributed by atoms with Gasteiger partial charge in [0, 0.05) is 7.05 Å². The number of carbonyl (C=O) groups is 3. The third kappa shape index (κ3) is 3.52. The highest BCUT2D eigenvalue weighted by molar-refractivity contribution is 6.10. The van der Waals surface area contributed by atoms with Crippen molar-refractivity contribution in [2.24, 2.45) is 7.05 Å². The Morgan fingerprint density at radius 2 is 1.80 bits per heavy atom. The average molecular weight is 349 g/mol. The van der Waals surface area contributed by atoms with Crippen molar-refractivity contribution < 1.29 is 14.4 Å². The number of imide groups is 1. The van der Waals surface area contributed by atoms with Crippen molar-refractivity contribution in [1.29, 1.82) is 0 Å². The molecule has 25 heavy (non-hydrogen) atoms. The number of carbonyl (C=O) groups excluding carboxylic acids is 3. The molecule has 8 heteroatoms. The molecule has 1 aliphatic heterocycles. The van der Waals surface area contributed by atoms with E-state index in [9.17, 15) is 14.4 Å². The van der Waals surface area contributed by atoms with Crippen molar-refractivity contribution in [1.82, 2.24) is 20.0 Å². The van der Waals surface area contributed by atoms with Crippen LogP contribution in [0.4, 0.5) is 10.5 Å². The van der Waals surface area contributed by atoms with Crippen LogP contribution < -0.4 is 10.6 Å². The molecule has 0 unspecified atom stereocenters. The van der Waals surface area contributed by atoms with Gasteiger partial charge < -0.3 is 10.6 Å². The third-order valence-corrected chi connectivity index (χ3v) is 4.67. The summed E-state index contributed by atoms with van der Waals surface area (Å²) in [6, 6.07) is -0.498. The molecule has 0 radical (unpaired) electrons. The lowest BCUT2D eigenvalue weighted by molar-refractivity contribution is -0.134. The van der Waals surface area contributed by atoms with Gasteiger partial charge in [-0.2, -0.15) is 5.10 Å². The first-order valence-corrected chi connectivity index (χ1v) is 8.70. The monoisotopic (exact) mass is 349 g/mol. The highest BCUT2D eigenvalue weighted by Crippen LogP contribution is 2.28. The third-order valence-electron chi connectivity index (χ3n) is 4.67. The summed E-state index contributed by atoms with van der Waals surface area (Å²) >= 11 is 0. The molecule has 0 aliphatic carbocycles. The fraction of sp³-hybridized carbons (Fsp3) is 0.647. The molecule has 1 aromatic heterocycles. The molecule has 1 aromatic rings. The minimum atomic E-state index is -0.874. The van der Waals surface area contributed by atoms with E-state index in [2.05, 4.69) is 15.7 Å². The number of aryl methyl sites for hydroxylation is 2. The molecule has 138 valence electrons. The highest BCUT2D eigenvalue weighted by Gasteiger charge is 2.50. The molecule has 2 heterocycles. The van der Waals surface area contributed by atoms with Gasteiger partial charge in [-0.1, -0.05) is 26.7 Å². The first kappa shape index (κ1) is 19.0. The van der Waals surface area contributed by atoms with E-state index < -0.39 is 17.5 Å². The largest absolute Gasteiger partial charge is 0.325 e. The van der Waals surface area contributed by atoms with Crippen molar-refractivity contribution >= 4 is 23.5 Å². The first-order chi connectivity index (χ1) is 11.8. The summed E-state index contributed by atoms with van der Waals surface area (Å²) in [6.07, 6.45) is 2.70. The van der Waals surface area contributed by atoms with Crippen LogP contribution in [0.2, 0.25) is 0 Å². The SMILES string of the molecule is CCCC1(CCC)NC(=O)N(CC(=O)Nc2c(C)nn(C)c2C)C1=O. The van der Waals surface area contributed by atoms with Crippen molar-refractivity contribution in [2.75, 3.05) is 11.9 Å². The van der Waals surface area contributed by atoms with Gasteiger partial charge >= 0.3 is 6.03 Å². The maximum absolute atomic E-state index is 12.8. The molecule has 2 N–H and O–H groups in total. The zero-order valence-electron chi connectivity index (χ0n) is 15.6. The standard InChI is InChI=1S/C17H27N5O3/c1-6-8-17(9-7-2)15(24)22(16(25)19-17)10-13(23)18-14-11(3)20-21(5)12(14)4/h6-10H2,1-5H3,(H,18,23)(H,19,25). The summed E-state index contributed by atoms with van der Waals surface area (Å²) in [6.45, 7) is 7.29. The second-order valence-electron chi connectivity index (χ2n) is 6.62. The average Bonchev–Trinajstić information content (AvgIpc) is 2.90. The highest BCUT2D eigenvalue weighted by atomic mass is 16.2. The summed E-state index contributed by atoms with van der Waals surface area (Å²) in [5.74, 6) is -0.720. The zero-order chi connectivity index (χ0) is 18.8. The van der Waals surface area contributed by atoms with Crippen LogP contribution in [0.15, 0.2) is 0 Å². The Hall–Kier alpha value is -2.38. The lowest BCUT2D eigenvalue weighted by Crippen LogP contribution is -2.47. The summed E-state index contributed by atoms with van der Waals surface area (Å²) in [5, 5.41) is 9.81. The van der Waals surface area contributed by atoms with Crippen LogP contribution in [-0.4, -0.2) is 44.6 Å². The summed E-state index contributed by atoms with van der Waals surface area (Å²) in [7, 11) is 1.79. The summed E-state index contributed by atoms with van der Waals surface area (Å²) in [5.41, 5.74) is 1.25. The van der Waals surface area contributed by atoms with Crippen molar-refractivity contribution in [3.63, 3.8) is 0 Å². The summed E-state index contributed by atoms with van der Waals surface area (Å²) in [4.78, 5) is 38.5. The van der Waals surface area contributed by atoms with Gasteiger partial charge in [-0.25, -0.2) is 4.79 Å². The second-order valence-corrected chi connectivity index (χ2v) is 6.62. The topological polar surface area (TPSA) is 96.3 Å². The number of amides is 4. The Morgan fingerprint density at radius 3 is 2.28 bits per heavy atom. The van der Waals surface area contributed by atoms with E-state index in [0.717, 1.165) is 23.4 Å². The molecule has 0 aromatic carbocycles. The van der Waals surface area contributed by atoms with Crippen LogP contribution in [0.1, 0.15) is 50.9 Å². The molecule has 1 aliphatic rings. The van der Waals surface area contributed by atoms with Crippen LogP contribution in [-0.2, 0) is 16.6 Å². The molecule has 0 bridgehead atoms. The van der Waals surface area contributed by atoms with Crippen LogP contribution >= 0.6 is 0 Å². The lowest BCUT2D eigenvalue weighted by atomic mass is 9.88. The molecular weight excluding hydrogens is 322 g/mol. The van der Waals surface area contributed by atoms with E-state index in [0.29, 0.717) is 24.2 Å². The van der Waals surface area contributed by atoms with Gasteiger partial charge in [0.15, 0.2) is 0 Å². The molecule has 8 nitrogen and oxygen atoms in total. The molecule has 0 spiro atoms. The van der Waals surface area contributed by atoms with Gasteiger partial charge in [0.1, 0.15) is 12.1 Å². The Balaban J connectivity index is 2.12. The lowest BCUT2D eigenvalue weighted by Gasteiger charge is -2.25. The van der Waals surface area contributed by atoms with Gasteiger partial charge in [0.2, 0.25) is 5.91 Å². The predicted molar refractivity (Wildman–Crippen MR) is 94.1 cm³/mol. The van der Waals surface area contributed by atoms with E-state index in [1.54, 1.807) is 18.7 Å². The van der Waals surface area contributed by atoms with Gasteiger partial charge in [-0.05, 0) is 26.7 Å². The Labute approximate surface area is 147 Å². The number of hydrogen-bond donors (Lipinski definition) is 2. The maximum Gasteiger partial charge on any atom is 0.325 e. The number of anilines is 1. The second kappa shape index (κ2) is 7.25. The van der Waals surface area contributed by atoms with Crippen LogP contribution in [0, 0.1) is 13.8 Å². The molecule has 4 amide bonds. The number of hydrogen-bond acceptors (Lipinski definition) is 4. The van der Waals surface area contributed by atoms with E-state index in [-0.39, 0.29) is 12.5 Å². The summed E-state index contributed by atoms with van der Waals surface area (Å²) < 4.78 is 1.67. The van der Waals surface area contributed by atoms with Crippen LogP contribution in [0.3, 0.4) is 0 Å². The smallest absolute Gasteiger partial charge is 0.323 e. The number of nitrogens with one attached hydrogen (secondary N) is 2. The van der Waals surface area contributed by atoms with E-state index in [1.807, 2.05) is 20.8 Å². The minimum Gasteiger partial charge on any atom is -0.323 e. The molecule has 0 saturated carbocycles. The van der Waals surface area contributed by atoms with Gasteiger partial charge in [-0.3, -0.25) is 19.2 Å². The van der Waals surface area contributed by atoms with Gasteiger partial charge in [-0.15, -0.1) is 0 Å². The van der Waals surface area contributed by atoms with E-state index in [4.69, 9.17) is 0 Å². The molecule has 1 saturated heterocycles. The van der Waals surface area contributed by atoms with Crippen LogP contribution in [0.25, 0.3) is 0 Å². The van der Waals surface area contributed by atoms with Gasteiger partial charge in [0.25, 0.3) is 5.91 Å². The first-order valence-electron chi connectivity index (χ1n) is 8.70. The molecular formula is C17H27N5O3. The molecule has 0 atom stereocenters. The van der Waals surface area contributed by atoms with E-state index in [1.165, 1.54) is 0 Å². The predicted octanol–water partition coefficient (Wildman–Crippen LogP) is 1.87. The Kier molecular flexibility index (Phi) is 5.49. The van der Waals surface area contributed by atoms with Gasteiger partial charge in [0.05, 0.1) is 17.1 Å². The number of aromatic nitrogens is 2. The zero-order valence-corrected chi connectivity index (χ0v) is 15.6. The minimum absolute atomic E-state index is 0.298.